The minimum Gasteiger partial charge on any atom is -0.450 e. The van der Waals surface area contributed by atoms with Gasteiger partial charge in [0.1, 0.15) is 0 Å². The number of esters is 1. The highest BCUT2D eigenvalue weighted by Crippen LogP contribution is 2.43. The van der Waals surface area contributed by atoms with Crippen LogP contribution in [0, 0.1) is 11.3 Å². The zero-order valence-corrected chi connectivity index (χ0v) is 9.82. The Bertz CT molecular complexity index is 380. The van der Waals surface area contributed by atoms with Crippen LogP contribution < -0.4 is 0 Å². The van der Waals surface area contributed by atoms with Gasteiger partial charge in [-0.2, -0.15) is 0 Å². The maximum Gasteiger partial charge on any atom is 0.310 e. The Morgan fingerprint density at radius 1 is 1.25 bits per heavy atom. The van der Waals surface area contributed by atoms with Crippen LogP contribution >= 0.6 is 0 Å². The standard InChI is InChI=1S/C13H16O3/c1-12(2,3)10-8-13(16-11(10)15)6-4-9(14)5-7-13/h4-7,10H,8H2,1-3H3. The molecule has 16 heavy (non-hydrogen) atoms. The van der Waals surface area contributed by atoms with E-state index in [0.717, 1.165) is 0 Å². The summed E-state index contributed by atoms with van der Waals surface area (Å²) in [6.07, 6.45) is 6.95. The van der Waals surface area contributed by atoms with Crippen LogP contribution in [0.2, 0.25) is 0 Å². The van der Waals surface area contributed by atoms with Crippen molar-refractivity contribution in [2.75, 3.05) is 0 Å². The van der Waals surface area contributed by atoms with Gasteiger partial charge in [-0.05, 0) is 29.7 Å². The molecular weight excluding hydrogens is 204 g/mol. The number of hydrogen-bond donors (Lipinski definition) is 0. The number of rotatable bonds is 0. The first-order valence-electron chi connectivity index (χ1n) is 5.48. The van der Waals surface area contributed by atoms with Crippen molar-refractivity contribution in [3.8, 4) is 0 Å². The number of hydrogen-bond acceptors (Lipinski definition) is 3. The summed E-state index contributed by atoms with van der Waals surface area (Å²) in [5.41, 5.74) is -0.785. The topological polar surface area (TPSA) is 43.4 Å². The van der Waals surface area contributed by atoms with E-state index in [0.29, 0.717) is 6.42 Å². The molecule has 1 aliphatic heterocycles. The van der Waals surface area contributed by atoms with Gasteiger partial charge in [-0.15, -0.1) is 0 Å². The number of ketones is 1. The van der Waals surface area contributed by atoms with Gasteiger partial charge in [0.05, 0.1) is 5.92 Å². The first-order chi connectivity index (χ1) is 7.32. The SMILES string of the molecule is CC(C)(C)C1CC2(C=CC(=O)C=C2)OC1=O. The van der Waals surface area contributed by atoms with E-state index < -0.39 is 5.60 Å². The number of allylic oxidation sites excluding steroid dienone is 2. The Labute approximate surface area is 95.2 Å². The highest BCUT2D eigenvalue weighted by atomic mass is 16.6. The summed E-state index contributed by atoms with van der Waals surface area (Å²) in [5.74, 6) is -0.341. The molecule has 0 radical (unpaired) electrons. The summed E-state index contributed by atoms with van der Waals surface area (Å²) in [6.45, 7) is 6.08. The molecule has 86 valence electrons. The second kappa shape index (κ2) is 3.30. The minimum atomic E-state index is -0.678. The van der Waals surface area contributed by atoms with Gasteiger partial charge in [0, 0.05) is 6.42 Å². The van der Waals surface area contributed by atoms with Crippen molar-refractivity contribution >= 4 is 11.8 Å². The zero-order chi connectivity index (χ0) is 12.0. The third-order valence-corrected chi connectivity index (χ3v) is 3.20. The average molecular weight is 220 g/mol. The van der Waals surface area contributed by atoms with Gasteiger partial charge in [0.2, 0.25) is 0 Å². The largest absolute Gasteiger partial charge is 0.450 e. The summed E-state index contributed by atoms with van der Waals surface area (Å²) < 4.78 is 5.41. The summed E-state index contributed by atoms with van der Waals surface area (Å²) in [4.78, 5) is 22.8. The van der Waals surface area contributed by atoms with Crippen LogP contribution in [0.3, 0.4) is 0 Å². The third-order valence-electron chi connectivity index (χ3n) is 3.20. The van der Waals surface area contributed by atoms with E-state index in [2.05, 4.69) is 0 Å². The van der Waals surface area contributed by atoms with Crippen molar-refractivity contribution in [3.63, 3.8) is 0 Å². The lowest BCUT2D eigenvalue weighted by Crippen LogP contribution is -2.26. The molecule has 0 aromatic rings. The van der Waals surface area contributed by atoms with Gasteiger partial charge < -0.3 is 4.74 Å². The zero-order valence-electron chi connectivity index (χ0n) is 9.82. The average Bonchev–Trinajstić information content (AvgIpc) is 2.49. The number of carbonyl (C=O) groups is 2. The lowest BCUT2D eigenvalue weighted by Gasteiger charge is -2.25. The van der Waals surface area contributed by atoms with Gasteiger partial charge in [-0.1, -0.05) is 20.8 Å². The quantitative estimate of drug-likeness (QED) is 0.587. The van der Waals surface area contributed by atoms with Gasteiger partial charge in [0.15, 0.2) is 11.4 Å². The highest BCUT2D eigenvalue weighted by Gasteiger charge is 2.48. The number of ether oxygens (including phenoxy) is 1. The predicted molar refractivity (Wildman–Crippen MR) is 59.7 cm³/mol. The van der Waals surface area contributed by atoms with Crippen molar-refractivity contribution in [1.82, 2.24) is 0 Å². The molecule has 1 atom stereocenters. The van der Waals surface area contributed by atoms with Gasteiger partial charge in [-0.25, -0.2) is 0 Å². The summed E-state index contributed by atoms with van der Waals surface area (Å²) in [6, 6.07) is 0. The molecule has 1 saturated heterocycles. The maximum absolute atomic E-state index is 11.8. The molecule has 1 unspecified atom stereocenters. The van der Waals surface area contributed by atoms with E-state index in [1.807, 2.05) is 20.8 Å². The second-order valence-corrected chi connectivity index (χ2v) is 5.57. The molecule has 0 saturated carbocycles. The monoisotopic (exact) mass is 220 g/mol. The van der Waals surface area contributed by atoms with Crippen molar-refractivity contribution in [3.05, 3.63) is 24.3 Å². The van der Waals surface area contributed by atoms with Gasteiger partial charge in [-0.3, -0.25) is 9.59 Å². The first-order valence-corrected chi connectivity index (χ1v) is 5.48. The van der Waals surface area contributed by atoms with Crippen molar-refractivity contribution < 1.29 is 14.3 Å². The van der Waals surface area contributed by atoms with Crippen LogP contribution in [-0.4, -0.2) is 17.4 Å². The molecule has 1 aliphatic carbocycles. The Hall–Kier alpha value is -1.38. The Balaban J connectivity index is 2.25. The van der Waals surface area contributed by atoms with Crippen LogP contribution in [0.1, 0.15) is 27.2 Å². The van der Waals surface area contributed by atoms with Crippen LogP contribution in [0.15, 0.2) is 24.3 Å². The van der Waals surface area contributed by atoms with E-state index >= 15 is 0 Å². The van der Waals surface area contributed by atoms with Crippen LogP contribution in [-0.2, 0) is 14.3 Å². The third kappa shape index (κ3) is 1.82. The van der Waals surface area contributed by atoms with Gasteiger partial charge >= 0.3 is 5.97 Å². The van der Waals surface area contributed by atoms with Crippen LogP contribution in [0.4, 0.5) is 0 Å². The molecule has 1 spiro atoms. The Morgan fingerprint density at radius 2 is 1.81 bits per heavy atom. The van der Waals surface area contributed by atoms with Crippen LogP contribution in [0.5, 0.6) is 0 Å². The fourth-order valence-electron chi connectivity index (χ4n) is 2.12. The van der Waals surface area contributed by atoms with E-state index in [1.165, 1.54) is 12.2 Å². The molecule has 0 amide bonds. The van der Waals surface area contributed by atoms with E-state index in [1.54, 1.807) is 12.2 Å². The molecule has 0 bridgehead atoms. The Kier molecular flexibility index (Phi) is 2.30. The fourth-order valence-corrected chi connectivity index (χ4v) is 2.12. The van der Waals surface area contributed by atoms with Gasteiger partial charge in [0.25, 0.3) is 0 Å². The molecule has 3 heteroatoms. The molecule has 0 aromatic heterocycles. The van der Waals surface area contributed by atoms with Crippen molar-refractivity contribution in [2.24, 2.45) is 11.3 Å². The molecular formula is C13H16O3. The molecule has 1 heterocycles. The van der Waals surface area contributed by atoms with Crippen molar-refractivity contribution in [2.45, 2.75) is 32.8 Å². The number of carbonyl (C=O) groups excluding carboxylic acids is 2. The Morgan fingerprint density at radius 3 is 2.25 bits per heavy atom. The predicted octanol–water partition coefficient (Wildman–Crippen LogP) is 2.03. The molecule has 1 fully saturated rings. The molecule has 0 aromatic carbocycles. The molecule has 2 aliphatic rings. The maximum atomic E-state index is 11.8. The molecule has 2 rings (SSSR count). The highest BCUT2D eigenvalue weighted by molar-refractivity contribution is 6.01. The second-order valence-electron chi connectivity index (χ2n) is 5.57. The summed E-state index contributed by atoms with van der Waals surface area (Å²) >= 11 is 0. The van der Waals surface area contributed by atoms with E-state index in [4.69, 9.17) is 4.74 Å². The van der Waals surface area contributed by atoms with E-state index in [9.17, 15) is 9.59 Å². The lowest BCUT2D eigenvalue weighted by molar-refractivity contribution is -0.148. The first kappa shape index (κ1) is 11.1. The fraction of sp³-hybridized carbons (Fsp3) is 0.538. The normalized spacial score (nSPS) is 27.6. The lowest BCUT2D eigenvalue weighted by atomic mass is 9.76. The molecule has 0 N–H and O–H groups in total. The van der Waals surface area contributed by atoms with Crippen LogP contribution in [0.25, 0.3) is 0 Å². The van der Waals surface area contributed by atoms with Crippen molar-refractivity contribution in [1.29, 1.82) is 0 Å². The summed E-state index contributed by atoms with van der Waals surface area (Å²) in [7, 11) is 0. The van der Waals surface area contributed by atoms with E-state index in [-0.39, 0.29) is 23.1 Å². The minimum absolute atomic E-state index is 0.0547. The smallest absolute Gasteiger partial charge is 0.310 e. The summed E-state index contributed by atoms with van der Waals surface area (Å²) in [5, 5.41) is 0. The molecule has 3 nitrogen and oxygen atoms in total.